The fraction of sp³-hybridized carbons (Fsp3) is 0.812. The van der Waals surface area contributed by atoms with E-state index in [2.05, 4.69) is 43.8 Å². The molecule has 1 fully saturated rings. The quantitative estimate of drug-likeness (QED) is 0.835. The van der Waals surface area contributed by atoms with Crippen LogP contribution in [0.2, 0.25) is 0 Å². The molecule has 0 radical (unpaired) electrons. The zero-order valence-corrected chi connectivity index (χ0v) is 13.0. The number of imidazole rings is 1. The summed E-state index contributed by atoms with van der Waals surface area (Å²) in [6, 6.07) is 0.648. The Balaban J connectivity index is 2.15. The number of nitrogens with zero attached hydrogens (tertiary/aromatic N) is 2. The van der Waals surface area contributed by atoms with Gasteiger partial charge in [0, 0.05) is 17.8 Å². The summed E-state index contributed by atoms with van der Waals surface area (Å²) in [5.74, 6) is 1.07. The number of rotatable bonds is 5. The van der Waals surface area contributed by atoms with Gasteiger partial charge in [-0.2, -0.15) is 0 Å². The lowest BCUT2D eigenvalue weighted by molar-refractivity contribution is 0.353. The van der Waals surface area contributed by atoms with Gasteiger partial charge in [-0.15, -0.1) is 0 Å². The van der Waals surface area contributed by atoms with Crippen LogP contribution in [0, 0.1) is 6.92 Å². The highest BCUT2D eigenvalue weighted by atomic mass is 15.2. The van der Waals surface area contributed by atoms with E-state index in [1.807, 2.05) is 0 Å². The monoisotopic (exact) mass is 263 g/mol. The Morgan fingerprint density at radius 1 is 1.32 bits per heavy atom. The molecule has 1 aromatic heterocycles. The Labute approximate surface area is 117 Å². The number of anilines is 1. The molecule has 19 heavy (non-hydrogen) atoms. The maximum atomic E-state index is 4.71. The first kappa shape index (κ1) is 14.4. The van der Waals surface area contributed by atoms with Gasteiger partial charge < -0.3 is 9.88 Å². The summed E-state index contributed by atoms with van der Waals surface area (Å²) >= 11 is 0. The van der Waals surface area contributed by atoms with E-state index in [1.165, 1.54) is 44.9 Å². The van der Waals surface area contributed by atoms with Gasteiger partial charge in [-0.05, 0) is 40.0 Å². The second kappa shape index (κ2) is 5.98. The molecule has 3 nitrogen and oxygen atoms in total. The number of aryl methyl sites for hydroxylation is 1. The summed E-state index contributed by atoms with van der Waals surface area (Å²) in [4.78, 5) is 4.71. The minimum atomic E-state index is 0.124. The van der Waals surface area contributed by atoms with Gasteiger partial charge in [-0.25, -0.2) is 4.98 Å². The molecular weight excluding hydrogens is 234 g/mol. The molecular formula is C16H29N3. The molecule has 1 heterocycles. The maximum absolute atomic E-state index is 4.71. The summed E-state index contributed by atoms with van der Waals surface area (Å²) in [5.41, 5.74) is 1.25. The van der Waals surface area contributed by atoms with E-state index >= 15 is 0 Å². The van der Waals surface area contributed by atoms with Gasteiger partial charge in [0.05, 0.1) is 5.69 Å². The number of hydrogen-bond acceptors (Lipinski definition) is 2. The van der Waals surface area contributed by atoms with Crippen LogP contribution in [0.1, 0.15) is 77.5 Å². The molecule has 1 saturated carbocycles. The zero-order chi connectivity index (χ0) is 13.9. The summed E-state index contributed by atoms with van der Waals surface area (Å²) in [7, 11) is 0. The van der Waals surface area contributed by atoms with Crippen LogP contribution in [0.3, 0.4) is 0 Å². The van der Waals surface area contributed by atoms with Gasteiger partial charge >= 0.3 is 0 Å². The molecule has 0 aromatic carbocycles. The molecule has 1 N–H and O–H groups in total. The standard InChI is InChI=1S/C16H29N3/c1-5-11-16(3,4)18-15-17-13(2)12-19(15)14-9-7-6-8-10-14/h12,14H,5-11H2,1-4H3,(H,17,18). The molecule has 2 rings (SSSR count). The Kier molecular flexibility index (Phi) is 4.54. The zero-order valence-electron chi connectivity index (χ0n) is 13.0. The van der Waals surface area contributed by atoms with E-state index in [9.17, 15) is 0 Å². The van der Waals surface area contributed by atoms with E-state index < -0.39 is 0 Å². The molecule has 1 aromatic rings. The first-order valence-electron chi connectivity index (χ1n) is 7.85. The van der Waals surface area contributed by atoms with Crippen molar-refractivity contribution >= 4 is 5.95 Å². The third-order valence-corrected chi connectivity index (χ3v) is 4.15. The molecule has 0 unspecified atom stereocenters. The van der Waals surface area contributed by atoms with E-state index in [1.54, 1.807) is 0 Å². The third-order valence-electron chi connectivity index (χ3n) is 4.15. The molecule has 0 amide bonds. The Morgan fingerprint density at radius 2 is 2.00 bits per heavy atom. The van der Waals surface area contributed by atoms with E-state index in [0.29, 0.717) is 6.04 Å². The lowest BCUT2D eigenvalue weighted by atomic mass is 9.95. The van der Waals surface area contributed by atoms with Gasteiger partial charge in [0.2, 0.25) is 5.95 Å². The second-order valence-corrected chi connectivity index (χ2v) is 6.66. The number of nitrogens with one attached hydrogen (secondary N) is 1. The summed E-state index contributed by atoms with van der Waals surface area (Å²) in [6.45, 7) is 8.87. The van der Waals surface area contributed by atoms with E-state index in [0.717, 1.165) is 11.6 Å². The van der Waals surface area contributed by atoms with Crippen LogP contribution in [0.5, 0.6) is 0 Å². The van der Waals surface area contributed by atoms with Crippen LogP contribution in [0.4, 0.5) is 5.95 Å². The number of aromatic nitrogens is 2. The largest absolute Gasteiger partial charge is 0.351 e. The van der Waals surface area contributed by atoms with Crippen molar-refractivity contribution in [3.05, 3.63) is 11.9 Å². The molecule has 0 saturated heterocycles. The minimum absolute atomic E-state index is 0.124. The van der Waals surface area contributed by atoms with Crippen LogP contribution in [0.15, 0.2) is 6.20 Å². The number of hydrogen-bond donors (Lipinski definition) is 1. The van der Waals surface area contributed by atoms with Gasteiger partial charge in [0.15, 0.2) is 0 Å². The SMILES string of the molecule is CCCC(C)(C)Nc1nc(C)cn1C1CCCCC1. The average Bonchev–Trinajstić information content (AvgIpc) is 2.70. The van der Waals surface area contributed by atoms with Crippen LogP contribution in [0.25, 0.3) is 0 Å². The lowest BCUT2D eigenvalue weighted by Crippen LogP contribution is -2.32. The third kappa shape index (κ3) is 3.74. The molecule has 0 bridgehead atoms. The van der Waals surface area contributed by atoms with Gasteiger partial charge in [0.1, 0.15) is 0 Å². The summed E-state index contributed by atoms with van der Waals surface area (Å²) in [6.07, 6.45) is 11.3. The van der Waals surface area contributed by atoms with Crippen molar-refractivity contribution in [3.8, 4) is 0 Å². The van der Waals surface area contributed by atoms with Crippen molar-refractivity contribution < 1.29 is 0 Å². The van der Waals surface area contributed by atoms with Crippen molar-refractivity contribution in [3.63, 3.8) is 0 Å². The van der Waals surface area contributed by atoms with E-state index in [4.69, 9.17) is 4.98 Å². The molecule has 108 valence electrons. The second-order valence-electron chi connectivity index (χ2n) is 6.66. The van der Waals surface area contributed by atoms with Crippen molar-refractivity contribution in [1.82, 2.24) is 9.55 Å². The van der Waals surface area contributed by atoms with Crippen molar-refractivity contribution in [2.45, 2.75) is 84.2 Å². The van der Waals surface area contributed by atoms with Crippen LogP contribution in [-0.2, 0) is 0 Å². The predicted molar refractivity (Wildman–Crippen MR) is 81.7 cm³/mol. The molecule has 3 heteroatoms. The summed E-state index contributed by atoms with van der Waals surface area (Å²) in [5, 5.41) is 3.66. The normalized spacial score (nSPS) is 17.7. The summed E-state index contributed by atoms with van der Waals surface area (Å²) < 4.78 is 2.39. The van der Waals surface area contributed by atoms with E-state index in [-0.39, 0.29) is 5.54 Å². The highest BCUT2D eigenvalue weighted by Crippen LogP contribution is 2.32. The van der Waals surface area contributed by atoms with Gasteiger partial charge in [0.25, 0.3) is 0 Å². The first-order valence-corrected chi connectivity index (χ1v) is 7.85. The molecule has 0 aliphatic heterocycles. The Hall–Kier alpha value is -0.990. The minimum Gasteiger partial charge on any atom is -0.351 e. The fourth-order valence-electron chi connectivity index (χ4n) is 3.24. The first-order chi connectivity index (χ1) is 9.02. The fourth-order valence-corrected chi connectivity index (χ4v) is 3.24. The molecule has 1 aliphatic rings. The highest BCUT2D eigenvalue weighted by molar-refractivity contribution is 5.33. The molecule has 0 spiro atoms. The molecule has 1 aliphatic carbocycles. The van der Waals surface area contributed by atoms with Crippen molar-refractivity contribution in [1.29, 1.82) is 0 Å². The van der Waals surface area contributed by atoms with Crippen LogP contribution in [-0.4, -0.2) is 15.1 Å². The van der Waals surface area contributed by atoms with Gasteiger partial charge in [-0.1, -0.05) is 32.6 Å². The van der Waals surface area contributed by atoms with Crippen LogP contribution >= 0.6 is 0 Å². The smallest absolute Gasteiger partial charge is 0.203 e. The highest BCUT2D eigenvalue weighted by Gasteiger charge is 2.23. The Bertz CT molecular complexity index is 400. The van der Waals surface area contributed by atoms with Gasteiger partial charge in [-0.3, -0.25) is 0 Å². The van der Waals surface area contributed by atoms with Crippen LogP contribution < -0.4 is 5.32 Å². The topological polar surface area (TPSA) is 29.9 Å². The molecule has 0 atom stereocenters. The van der Waals surface area contributed by atoms with Crippen molar-refractivity contribution in [2.75, 3.05) is 5.32 Å². The lowest BCUT2D eigenvalue weighted by Gasteiger charge is -2.30. The maximum Gasteiger partial charge on any atom is 0.203 e. The van der Waals surface area contributed by atoms with Crippen molar-refractivity contribution in [2.24, 2.45) is 0 Å². The predicted octanol–water partition coefficient (Wildman–Crippen LogP) is 4.69. The average molecular weight is 263 g/mol. The Morgan fingerprint density at radius 3 is 2.63 bits per heavy atom.